The smallest absolute Gasteiger partial charge is 0.135 e. The van der Waals surface area contributed by atoms with E-state index in [-0.39, 0.29) is 0 Å². The number of hydrogen-bond acceptors (Lipinski definition) is 2. The highest BCUT2D eigenvalue weighted by Gasteiger charge is 2.21. The molecule has 90 heavy (non-hydrogen) atoms. The molecule has 0 unspecified atom stereocenters. The third-order valence-electron chi connectivity index (χ3n) is 18.6. The minimum Gasteiger partial charge on any atom is -0.456 e. The number of fused-ring (bicyclic) bond motifs is 18. The summed E-state index contributed by atoms with van der Waals surface area (Å²) in [6.45, 7) is 0. The van der Waals surface area contributed by atoms with Crippen molar-refractivity contribution >= 4 is 141 Å². The lowest BCUT2D eigenvalue weighted by Crippen LogP contribution is -2.00. The molecule has 6 heteroatoms. The molecule has 0 atom stereocenters. The minimum atomic E-state index is 0.904. The van der Waals surface area contributed by atoms with Crippen molar-refractivity contribution in [2.24, 2.45) is 0 Å². The van der Waals surface area contributed by atoms with Crippen molar-refractivity contribution in [3.05, 3.63) is 315 Å². The number of para-hydroxylation sites is 9. The summed E-state index contributed by atoms with van der Waals surface area (Å²) in [6.07, 6.45) is 0. The first-order chi connectivity index (χ1) is 44.6. The summed E-state index contributed by atoms with van der Waals surface area (Å²) in [6, 6.07) is 115. The Morgan fingerprint density at radius 3 is 0.844 bits per heavy atom. The number of furan rings is 1. The predicted octanol–water partition coefficient (Wildman–Crippen LogP) is 23.4. The second-order valence-corrected chi connectivity index (χ2v) is 24.7. The molecule has 420 valence electrons. The van der Waals surface area contributed by atoms with Gasteiger partial charge in [-0.1, -0.05) is 194 Å². The fourth-order valence-electron chi connectivity index (χ4n) is 14.7. The van der Waals surface area contributed by atoms with Gasteiger partial charge in [-0.05, 0) is 144 Å². The molecule has 0 saturated carbocycles. The van der Waals surface area contributed by atoms with Crippen LogP contribution in [-0.4, -0.2) is 18.3 Å². The SMILES string of the molecule is c1ccc2c(c1)oc1ccc(-c3cc(-n4c5ccccc5c5ccccc54)cc(-n4c5ccccc5c5ccccc54)c3)cc12.c1ccc2c(c1)sc1ccc(-c3cc(-n4c5ccccc5c5ccccc54)cc(-n4c5ccccc5c5ccccc54)c3)cc12. The molecule has 0 N–H and O–H groups in total. The van der Waals surface area contributed by atoms with E-state index in [9.17, 15) is 0 Å². The van der Waals surface area contributed by atoms with Crippen LogP contribution in [0.15, 0.2) is 320 Å². The lowest BCUT2D eigenvalue weighted by Gasteiger charge is -2.16. The van der Waals surface area contributed by atoms with Crippen molar-refractivity contribution in [2.75, 3.05) is 0 Å². The number of benzene rings is 14. The first kappa shape index (κ1) is 50.5. The Kier molecular flexibility index (Phi) is 11.2. The van der Waals surface area contributed by atoms with E-state index in [4.69, 9.17) is 4.42 Å². The second kappa shape index (κ2) is 19.9. The fourth-order valence-corrected chi connectivity index (χ4v) is 15.7. The minimum absolute atomic E-state index is 0.904. The first-order valence-corrected chi connectivity index (χ1v) is 31.5. The maximum atomic E-state index is 6.19. The Bertz CT molecular complexity index is 5460. The Labute approximate surface area is 520 Å². The summed E-state index contributed by atoms with van der Waals surface area (Å²) in [7, 11) is 0. The molecule has 0 bridgehead atoms. The molecule has 0 aliphatic rings. The van der Waals surface area contributed by atoms with Gasteiger partial charge in [-0.3, -0.25) is 0 Å². The lowest BCUT2D eigenvalue weighted by atomic mass is 10.0. The molecule has 0 aliphatic heterocycles. The van der Waals surface area contributed by atoms with Crippen molar-refractivity contribution in [1.82, 2.24) is 18.3 Å². The van der Waals surface area contributed by atoms with Gasteiger partial charge in [0.15, 0.2) is 0 Å². The molecular weight excluding hydrogens is 1110 g/mol. The summed E-state index contributed by atoms with van der Waals surface area (Å²) >= 11 is 1.87. The molecule has 0 aliphatic carbocycles. The van der Waals surface area contributed by atoms with Crippen LogP contribution >= 0.6 is 11.3 Å². The largest absolute Gasteiger partial charge is 0.456 e. The van der Waals surface area contributed by atoms with E-state index in [0.717, 1.165) is 55.8 Å². The average Bonchev–Trinajstić information content (AvgIpc) is 1.73. The standard InChI is InChI=1S/C42H26N2O.C42H26N2S/c2*1-6-16-37-31(11-1)32-12-2-7-17-38(32)43(37)29-23-28(27-21-22-42-36(25-27)35-15-5-10-20-41(35)45-42)24-30(26-29)44-39-18-8-3-13-33(39)34-14-4-9-19-40(34)44/h2*1-26H. The average molecular weight is 1170 g/mol. The Hall–Kier alpha value is -11.7. The highest BCUT2D eigenvalue weighted by Crippen LogP contribution is 2.43. The zero-order valence-electron chi connectivity index (χ0n) is 48.6. The van der Waals surface area contributed by atoms with E-state index in [0.29, 0.717) is 0 Å². The number of hydrogen-bond donors (Lipinski definition) is 0. The molecule has 6 aromatic heterocycles. The zero-order chi connectivity index (χ0) is 59.0. The van der Waals surface area contributed by atoms with Gasteiger partial charge in [0.25, 0.3) is 0 Å². The van der Waals surface area contributed by atoms with Crippen LogP contribution in [0.5, 0.6) is 0 Å². The lowest BCUT2D eigenvalue weighted by molar-refractivity contribution is 0.669. The van der Waals surface area contributed by atoms with Gasteiger partial charge in [-0.25, -0.2) is 0 Å². The van der Waals surface area contributed by atoms with Crippen molar-refractivity contribution in [3.8, 4) is 45.0 Å². The van der Waals surface area contributed by atoms with Crippen LogP contribution in [0.25, 0.3) is 174 Å². The van der Waals surface area contributed by atoms with Gasteiger partial charge >= 0.3 is 0 Å². The molecule has 0 saturated heterocycles. The second-order valence-electron chi connectivity index (χ2n) is 23.6. The van der Waals surface area contributed by atoms with Crippen molar-refractivity contribution in [1.29, 1.82) is 0 Å². The van der Waals surface area contributed by atoms with Crippen molar-refractivity contribution < 1.29 is 4.42 Å². The molecular formula is C84H52N4OS. The number of thiophene rings is 1. The van der Waals surface area contributed by atoms with Gasteiger partial charge in [-0.15, -0.1) is 11.3 Å². The van der Waals surface area contributed by atoms with Crippen LogP contribution in [0, 0.1) is 0 Å². The molecule has 0 amide bonds. The molecule has 0 fully saturated rings. The normalized spacial score (nSPS) is 12.0. The summed E-state index contributed by atoms with van der Waals surface area (Å²) in [5.74, 6) is 0. The topological polar surface area (TPSA) is 32.9 Å². The van der Waals surface area contributed by atoms with Crippen molar-refractivity contribution in [2.45, 2.75) is 0 Å². The molecule has 6 heterocycles. The Morgan fingerprint density at radius 2 is 0.467 bits per heavy atom. The molecule has 0 radical (unpaired) electrons. The predicted molar refractivity (Wildman–Crippen MR) is 381 cm³/mol. The third kappa shape index (κ3) is 7.75. The summed E-state index contributed by atoms with van der Waals surface area (Å²) in [5, 5.41) is 15.0. The molecule has 14 aromatic carbocycles. The van der Waals surface area contributed by atoms with Crippen molar-refractivity contribution in [3.63, 3.8) is 0 Å². The third-order valence-corrected chi connectivity index (χ3v) is 19.7. The molecule has 5 nitrogen and oxygen atoms in total. The molecule has 0 spiro atoms. The van der Waals surface area contributed by atoms with E-state index < -0.39 is 0 Å². The first-order valence-electron chi connectivity index (χ1n) is 30.7. The highest BCUT2D eigenvalue weighted by molar-refractivity contribution is 7.25. The molecule has 20 aromatic rings. The van der Waals surface area contributed by atoms with Gasteiger partial charge in [0.05, 0.1) is 44.1 Å². The maximum absolute atomic E-state index is 6.19. The van der Waals surface area contributed by atoms with Crippen LogP contribution in [0.2, 0.25) is 0 Å². The van der Waals surface area contributed by atoms with Crippen LogP contribution in [0.1, 0.15) is 0 Å². The van der Waals surface area contributed by atoms with E-state index in [1.807, 2.05) is 23.5 Å². The van der Waals surface area contributed by atoms with Crippen LogP contribution in [0.3, 0.4) is 0 Å². The van der Waals surface area contributed by atoms with Gasteiger partial charge in [0, 0.05) is 96.8 Å². The Morgan fingerprint density at radius 1 is 0.189 bits per heavy atom. The van der Waals surface area contributed by atoms with Gasteiger partial charge in [0.1, 0.15) is 11.2 Å². The maximum Gasteiger partial charge on any atom is 0.135 e. The van der Waals surface area contributed by atoms with E-state index >= 15 is 0 Å². The monoisotopic (exact) mass is 1160 g/mol. The van der Waals surface area contributed by atoms with Gasteiger partial charge in [-0.2, -0.15) is 0 Å². The number of aromatic nitrogens is 4. The van der Waals surface area contributed by atoms with Crippen LogP contribution in [0.4, 0.5) is 0 Å². The fraction of sp³-hybridized carbons (Fsp3) is 0. The number of nitrogens with zero attached hydrogens (tertiary/aromatic N) is 4. The number of rotatable bonds is 6. The van der Waals surface area contributed by atoms with E-state index in [1.54, 1.807) is 0 Å². The summed E-state index contributed by atoms with van der Waals surface area (Å²) < 4.78 is 18.5. The molecule has 20 rings (SSSR count). The van der Waals surface area contributed by atoms with Gasteiger partial charge < -0.3 is 22.7 Å². The van der Waals surface area contributed by atoms with Crippen LogP contribution in [-0.2, 0) is 0 Å². The Balaban J connectivity index is 0.000000130. The van der Waals surface area contributed by atoms with E-state index in [2.05, 4.69) is 322 Å². The quantitative estimate of drug-likeness (QED) is 0.163. The summed E-state index contributed by atoms with van der Waals surface area (Å²) in [4.78, 5) is 0. The summed E-state index contributed by atoms with van der Waals surface area (Å²) in [5.41, 5.74) is 20.7. The zero-order valence-corrected chi connectivity index (χ0v) is 49.4. The highest BCUT2D eigenvalue weighted by atomic mass is 32.1. The van der Waals surface area contributed by atoms with Crippen LogP contribution < -0.4 is 0 Å². The van der Waals surface area contributed by atoms with Gasteiger partial charge in [0.2, 0.25) is 0 Å². The van der Waals surface area contributed by atoms with E-state index in [1.165, 1.54) is 119 Å².